The summed E-state index contributed by atoms with van der Waals surface area (Å²) < 4.78 is 1.19. The van der Waals surface area contributed by atoms with Gasteiger partial charge in [0.25, 0.3) is 0 Å². The van der Waals surface area contributed by atoms with E-state index in [1.54, 1.807) is 11.3 Å². The highest BCUT2D eigenvalue weighted by Gasteiger charge is 2.30. The fraction of sp³-hybridized carbons (Fsp3) is 0.636. The molecule has 0 spiro atoms. The lowest BCUT2D eigenvalue weighted by Gasteiger charge is -2.22. The third-order valence-electron chi connectivity index (χ3n) is 3.36. The number of nitrogens with one attached hydrogen (secondary N) is 1. The van der Waals surface area contributed by atoms with Crippen molar-refractivity contribution in [1.29, 1.82) is 0 Å². The Morgan fingerprint density at radius 3 is 2.80 bits per heavy atom. The van der Waals surface area contributed by atoms with E-state index in [-0.39, 0.29) is 0 Å². The lowest BCUT2D eigenvalue weighted by atomic mass is 9.93. The topological polar surface area (TPSA) is 38.0 Å². The van der Waals surface area contributed by atoms with Crippen molar-refractivity contribution in [1.82, 2.24) is 5.43 Å². The predicted molar refractivity (Wildman–Crippen MR) is 68.6 cm³/mol. The molecule has 15 heavy (non-hydrogen) atoms. The van der Waals surface area contributed by atoms with Gasteiger partial charge in [-0.3, -0.25) is 11.3 Å². The molecular formula is C11H17BrN2S. The van der Waals surface area contributed by atoms with Crippen LogP contribution in [0.1, 0.15) is 37.8 Å². The zero-order chi connectivity index (χ0) is 10.8. The molecule has 1 aromatic rings. The van der Waals surface area contributed by atoms with Crippen molar-refractivity contribution in [2.75, 3.05) is 0 Å². The van der Waals surface area contributed by atoms with Gasteiger partial charge in [-0.1, -0.05) is 13.3 Å². The van der Waals surface area contributed by atoms with E-state index in [0.717, 1.165) is 5.92 Å². The lowest BCUT2D eigenvalue weighted by Crippen LogP contribution is -2.32. The van der Waals surface area contributed by atoms with E-state index in [4.69, 9.17) is 5.84 Å². The highest BCUT2D eigenvalue weighted by atomic mass is 79.9. The van der Waals surface area contributed by atoms with Crippen LogP contribution in [0.4, 0.5) is 0 Å². The Bertz CT molecular complexity index is 326. The molecule has 1 aromatic heterocycles. The van der Waals surface area contributed by atoms with Crippen LogP contribution in [-0.2, 0) is 0 Å². The van der Waals surface area contributed by atoms with Gasteiger partial charge in [0.2, 0.25) is 0 Å². The Labute approximate surface area is 103 Å². The van der Waals surface area contributed by atoms with Gasteiger partial charge in [-0.05, 0) is 51.6 Å². The molecular weight excluding hydrogens is 272 g/mol. The number of hydrazine groups is 1. The molecule has 1 fully saturated rings. The third-order valence-corrected chi connectivity index (χ3v) is 5.12. The van der Waals surface area contributed by atoms with Crippen LogP contribution in [0.5, 0.6) is 0 Å². The second-order valence-electron chi connectivity index (χ2n) is 4.50. The number of rotatable bonds is 3. The van der Waals surface area contributed by atoms with Crippen LogP contribution >= 0.6 is 27.3 Å². The minimum absolute atomic E-state index is 0.315. The number of thiophene rings is 1. The summed E-state index contributed by atoms with van der Waals surface area (Å²) in [6.45, 7) is 2.33. The van der Waals surface area contributed by atoms with Crippen molar-refractivity contribution < 1.29 is 0 Å². The first-order chi connectivity index (χ1) is 7.22. The molecule has 0 amide bonds. The van der Waals surface area contributed by atoms with Gasteiger partial charge < -0.3 is 0 Å². The Morgan fingerprint density at radius 1 is 1.53 bits per heavy atom. The van der Waals surface area contributed by atoms with E-state index in [1.165, 1.54) is 29.3 Å². The van der Waals surface area contributed by atoms with Crippen molar-refractivity contribution in [3.8, 4) is 0 Å². The normalized spacial score (nSPS) is 28.2. The zero-order valence-corrected chi connectivity index (χ0v) is 11.3. The van der Waals surface area contributed by atoms with Gasteiger partial charge in [-0.2, -0.15) is 11.3 Å². The standard InChI is InChI=1S/C11H17BrN2S/c1-7-2-3-8(4-7)11(14-13)9-5-15-6-10(9)12/h5-8,11,14H,2-4,13H2,1H3. The Kier molecular flexibility index (Phi) is 3.83. The maximum Gasteiger partial charge on any atom is 0.0507 e. The van der Waals surface area contributed by atoms with Gasteiger partial charge in [-0.15, -0.1) is 0 Å². The van der Waals surface area contributed by atoms with E-state index in [0.29, 0.717) is 12.0 Å². The first kappa shape index (κ1) is 11.6. The van der Waals surface area contributed by atoms with Crippen LogP contribution in [0.3, 0.4) is 0 Å². The fourth-order valence-electron chi connectivity index (χ4n) is 2.55. The SMILES string of the molecule is CC1CCC(C(NN)c2cscc2Br)C1. The summed E-state index contributed by atoms with van der Waals surface area (Å²) in [5.74, 6) is 7.23. The second kappa shape index (κ2) is 4.95. The molecule has 1 aliphatic carbocycles. The molecule has 2 nitrogen and oxygen atoms in total. The molecule has 84 valence electrons. The van der Waals surface area contributed by atoms with Gasteiger partial charge in [0, 0.05) is 9.85 Å². The Balaban J connectivity index is 2.14. The van der Waals surface area contributed by atoms with E-state index >= 15 is 0 Å². The van der Waals surface area contributed by atoms with Gasteiger partial charge in [0.1, 0.15) is 0 Å². The molecule has 2 rings (SSSR count). The summed E-state index contributed by atoms with van der Waals surface area (Å²) in [5, 5.41) is 4.32. The molecule has 1 heterocycles. The molecule has 4 heteroatoms. The summed E-state index contributed by atoms with van der Waals surface area (Å²) in [7, 11) is 0. The summed E-state index contributed by atoms with van der Waals surface area (Å²) >= 11 is 5.31. The molecule has 3 unspecified atom stereocenters. The number of hydrogen-bond donors (Lipinski definition) is 2. The van der Waals surface area contributed by atoms with Gasteiger partial charge in [0.15, 0.2) is 0 Å². The average molecular weight is 289 g/mol. The number of hydrogen-bond acceptors (Lipinski definition) is 3. The first-order valence-electron chi connectivity index (χ1n) is 5.40. The van der Waals surface area contributed by atoms with Crippen molar-refractivity contribution in [2.24, 2.45) is 17.7 Å². The minimum atomic E-state index is 0.315. The number of halogens is 1. The molecule has 0 aromatic carbocycles. The zero-order valence-electron chi connectivity index (χ0n) is 8.87. The molecule has 0 aliphatic heterocycles. The first-order valence-corrected chi connectivity index (χ1v) is 7.13. The maximum atomic E-state index is 5.69. The van der Waals surface area contributed by atoms with E-state index in [9.17, 15) is 0 Å². The molecule has 1 saturated carbocycles. The summed E-state index contributed by atoms with van der Waals surface area (Å²) in [5.41, 5.74) is 4.31. The van der Waals surface area contributed by atoms with Crippen LogP contribution in [-0.4, -0.2) is 0 Å². The largest absolute Gasteiger partial charge is 0.271 e. The van der Waals surface area contributed by atoms with Crippen LogP contribution in [0.2, 0.25) is 0 Å². The van der Waals surface area contributed by atoms with Crippen LogP contribution in [0.15, 0.2) is 15.2 Å². The van der Waals surface area contributed by atoms with Gasteiger partial charge in [-0.25, -0.2) is 0 Å². The van der Waals surface area contributed by atoms with Crippen LogP contribution < -0.4 is 11.3 Å². The quantitative estimate of drug-likeness (QED) is 0.660. The monoisotopic (exact) mass is 288 g/mol. The van der Waals surface area contributed by atoms with E-state index in [2.05, 4.69) is 39.0 Å². The summed E-state index contributed by atoms with van der Waals surface area (Å²) in [4.78, 5) is 0. The summed E-state index contributed by atoms with van der Waals surface area (Å²) in [6, 6.07) is 0.315. The van der Waals surface area contributed by atoms with Crippen LogP contribution in [0, 0.1) is 11.8 Å². The molecule has 0 saturated heterocycles. The van der Waals surface area contributed by atoms with Gasteiger partial charge in [0.05, 0.1) is 6.04 Å². The molecule has 0 radical (unpaired) electrons. The predicted octanol–water partition coefficient (Wildman–Crippen LogP) is 3.45. The van der Waals surface area contributed by atoms with E-state index < -0.39 is 0 Å². The van der Waals surface area contributed by atoms with Crippen molar-refractivity contribution in [2.45, 2.75) is 32.2 Å². The van der Waals surface area contributed by atoms with Crippen molar-refractivity contribution in [3.63, 3.8) is 0 Å². The highest BCUT2D eigenvalue weighted by Crippen LogP contribution is 2.41. The third kappa shape index (κ3) is 2.44. The molecule has 3 atom stereocenters. The second-order valence-corrected chi connectivity index (χ2v) is 6.10. The number of nitrogens with two attached hydrogens (primary N) is 1. The van der Waals surface area contributed by atoms with Crippen molar-refractivity contribution in [3.05, 3.63) is 20.8 Å². The Hall–Kier alpha value is 0.100. The van der Waals surface area contributed by atoms with Crippen molar-refractivity contribution >= 4 is 27.3 Å². The minimum Gasteiger partial charge on any atom is -0.271 e. The molecule has 0 bridgehead atoms. The fourth-order valence-corrected chi connectivity index (χ4v) is 4.13. The smallest absolute Gasteiger partial charge is 0.0507 e. The van der Waals surface area contributed by atoms with Gasteiger partial charge >= 0.3 is 0 Å². The van der Waals surface area contributed by atoms with Crippen LogP contribution in [0.25, 0.3) is 0 Å². The Morgan fingerprint density at radius 2 is 2.33 bits per heavy atom. The summed E-state index contributed by atoms with van der Waals surface area (Å²) in [6.07, 6.45) is 3.92. The maximum absolute atomic E-state index is 5.69. The highest BCUT2D eigenvalue weighted by molar-refractivity contribution is 9.10. The molecule has 1 aliphatic rings. The lowest BCUT2D eigenvalue weighted by molar-refractivity contribution is 0.364. The average Bonchev–Trinajstić information content (AvgIpc) is 2.79. The van der Waals surface area contributed by atoms with E-state index in [1.807, 2.05) is 0 Å². The molecule has 3 N–H and O–H groups in total.